The van der Waals surface area contributed by atoms with Crippen LogP contribution in [0.5, 0.6) is 0 Å². The summed E-state index contributed by atoms with van der Waals surface area (Å²) in [7, 11) is -4.36. The molecule has 0 aliphatic carbocycles. The maximum absolute atomic E-state index is 12.2. The third-order valence-electron chi connectivity index (χ3n) is 7.12. The Morgan fingerprint density at radius 2 is 1.41 bits per heavy atom. The molecule has 1 aromatic rings. The lowest BCUT2D eigenvalue weighted by Gasteiger charge is -2.18. The molecule has 1 saturated heterocycles. The molecule has 0 aromatic carbocycles. The molecule has 1 aromatic heterocycles. The van der Waals surface area contributed by atoms with Crippen LogP contribution in [-0.2, 0) is 18.3 Å². The molecule has 5 atom stereocenters. The van der Waals surface area contributed by atoms with E-state index >= 15 is 0 Å². The van der Waals surface area contributed by atoms with E-state index in [0.29, 0.717) is 6.42 Å². The lowest BCUT2D eigenvalue weighted by Crippen LogP contribution is -2.36. The molecule has 5 N–H and O–H groups in total. The molecule has 1 aliphatic heterocycles. The number of ether oxygens (including phenoxy) is 1. The number of nitrogens with zero attached hydrogens (tertiary/aromatic N) is 2. The number of nitrogen functional groups attached to an aromatic ring is 1. The van der Waals surface area contributed by atoms with Gasteiger partial charge in [0.05, 0.1) is 13.2 Å². The molecule has 0 saturated carbocycles. The van der Waals surface area contributed by atoms with Gasteiger partial charge in [0.15, 0.2) is 6.23 Å². The fourth-order valence-corrected chi connectivity index (χ4v) is 5.52. The van der Waals surface area contributed by atoms with Crippen LogP contribution in [0.3, 0.4) is 0 Å². The van der Waals surface area contributed by atoms with Crippen LogP contribution in [0.25, 0.3) is 0 Å². The number of aliphatic hydroxyl groups is 2. The van der Waals surface area contributed by atoms with Gasteiger partial charge in [-0.05, 0) is 12.5 Å². The van der Waals surface area contributed by atoms with Crippen molar-refractivity contribution in [3.05, 3.63) is 22.7 Å². The molecular formula is C27H50N3O8P. The Labute approximate surface area is 232 Å². The van der Waals surface area contributed by atoms with Crippen LogP contribution in [-0.4, -0.2) is 56.2 Å². The van der Waals surface area contributed by atoms with Crippen molar-refractivity contribution in [1.29, 1.82) is 0 Å². The van der Waals surface area contributed by atoms with Gasteiger partial charge >= 0.3 is 13.5 Å². The fourth-order valence-electron chi connectivity index (χ4n) is 4.75. The minimum atomic E-state index is -4.36. The van der Waals surface area contributed by atoms with Crippen LogP contribution in [0.4, 0.5) is 5.82 Å². The molecule has 1 fully saturated rings. The zero-order chi connectivity index (χ0) is 28.5. The quantitative estimate of drug-likeness (QED) is 0.111. The third kappa shape index (κ3) is 13.3. The van der Waals surface area contributed by atoms with Gasteiger partial charge in [-0.1, -0.05) is 103 Å². The second-order valence-corrected chi connectivity index (χ2v) is 11.9. The summed E-state index contributed by atoms with van der Waals surface area (Å²) < 4.78 is 28.7. The van der Waals surface area contributed by atoms with Crippen LogP contribution in [0.15, 0.2) is 17.1 Å². The first-order valence-electron chi connectivity index (χ1n) is 14.7. The van der Waals surface area contributed by atoms with E-state index in [4.69, 9.17) is 19.5 Å². The first kappa shape index (κ1) is 33.9. The first-order chi connectivity index (χ1) is 18.7. The second kappa shape index (κ2) is 18.9. The van der Waals surface area contributed by atoms with Gasteiger partial charge in [-0.15, -0.1) is 0 Å². The highest BCUT2D eigenvalue weighted by molar-refractivity contribution is 7.47. The highest BCUT2D eigenvalue weighted by Crippen LogP contribution is 2.44. The van der Waals surface area contributed by atoms with Crippen molar-refractivity contribution in [2.45, 2.75) is 134 Å². The Hall–Kier alpha value is -1.33. The van der Waals surface area contributed by atoms with E-state index in [1.54, 1.807) is 0 Å². The van der Waals surface area contributed by atoms with Gasteiger partial charge < -0.3 is 25.6 Å². The van der Waals surface area contributed by atoms with Gasteiger partial charge in [0.25, 0.3) is 0 Å². The number of aromatic nitrogens is 2. The SMILES string of the molecule is CCCCCCCCCCCCCCCCCCOP(=O)(O)OC[C@H]1O[C@@H](n2ccc(N)nc2=O)[C@@H](O)[C@@H]1O. The van der Waals surface area contributed by atoms with Crippen molar-refractivity contribution in [3.63, 3.8) is 0 Å². The summed E-state index contributed by atoms with van der Waals surface area (Å²) in [5.41, 5.74) is 4.70. The fraction of sp³-hybridized carbons (Fsp3) is 0.852. The van der Waals surface area contributed by atoms with E-state index in [9.17, 15) is 24.5 Å². The van der Waals surface area contributed by atoms with E-state index < -0.39 is 44.7 Å². The molecule has 11 nitrogen and oxygen atoms in total. The minimum Gasteiger partial charge on any atom is -0.387 e. The van der Waals surface area contributed by atoms with E-state index in [-0.39, 0.29) is 12.4 Å². The monoisotopic (exact) mass is 575 g/mol. The van der Waals surface area contributed by atoms with E-state index in [2.05, 4.69) is 11.9 Å². The van der Waals surface area contributed by atoms with E-state index in [0.717, 1.165) is 23.8 Å². The van der Waals surface area contributed by atoms with Crippen molar-refractivity contribution in [1.82, 2.24) is 9.55 Å². The first-order valence-corrected chi connectivity index (χ1v) is 16.2. The van der Waals surface area contributed by atoms with Crippen LogP contribution >= 0.6 is 7.82 Å². The molecule has 1 aliphatic rings. The molecule has 1 unspecified atom stereocenters. The second-order valence-electron chi connectivity index (χ2n) is 10.5. The number of phosphoric ester groups is 1. The summed E-state index contributed by atoms with van der Waals surface area (Å²) >= 11 is 0. The third-order valence-corrected chi connectivity index (χ3v) is 8.10. The predicted molar refractivity (Wildman–Crippen MR) is 150 cm³/mol. The average molecular weight is 576 g/mol. The maximum Gasteiger partial charge on any atom is 0.472 e. The molecule has 226 valence electrons. The number of phosphoric acid groups is 1. The number of hydrogen-bond donors (Lipinski definition) is 4. The molecule has 0 amide bonds. The number of aliphatic hydroxyl groups excluding tert-OH is 2. The van der Waals surface area contributed by atoms with Gasteiger partial charge in [0.2, 0.25) is 0 Å². The van der Waals surface area contributed by atoms with Gasteiger partial charge in [0, 0.05) is 6.20 Å². The lowest BCUT2D eigenvalue weighted by molar-refractivity contribution is -0.0551. The van der Waals surface area contributed by atoms with Crippen LogP contribution in [0.2, 0.25) is 0 Å². The Morgan fingerprint density at radius 1 is 0.897 bits per heavy atom. The lowest BCUT2D eigenvalue weighted by atomic mass is 10.0. The standard InChI is InChI=1S/C27H50N3O8P/c1-2-3-4-5-6-7-8-9-10-11-12-13-14-15-16-17-20-36-39(34,35)37-21-22-24(31)25(32)26(38-22)30-19-18-23(28)29-27(30)33/h18-19,22,24-26,31-32H,2-17,20-21H2,1H3,(H,34,35)(H2,28,29,33)/t22-,24-,25+,26-/m1/s1. The Morgan fingerprint density at radius 3 is 1.92 bits per heavy atom. The Balaban J connectivity index is 1.48. The Kier molecular flexibility index (Phi) is 16.4. The molecule has 2 rings (SSSR count). The summed E-state index contributed by atoms with van der Waals surface area (Å²) in [6, 6.07) is 1.35. The molecular weight excluding hydrogens is 525 g/mol. The minimum absolute atomic E-state index is 0.00637. The van der Waals surface area contributed by atoms with Crippen LogP contribution < -0.4 is 11.4 Å². The number of anilines is 1. The van der Waals surface area contributed by atoms with Crippen molar-refractivity contribution < 1.29 is 33.5 Å². The summed E-state index contributed by atoms with van der Waals surface area (Å²) in [6.07, 6.45) is 15.8. The number of nitrogens with two attached hydrogens (primary N) is 1. The topological polar surface area (TPSA) is 166 Å². The van der Waals surface area contributed by atoms with Crippen LogP contribution in [0.1, 0.15) is 116 Å². The summed E-state index contributed by atoms with van der Waals surface area (Å²) in [4.78, 5) is 25.5. The van der Waals surface area contributed by atoms with Crippen molar-refractivity contribution in [2.75, 3.05) is 18.9 Å². The highest BCUT2D eigenvalue weighted by atomic mass is 31.2. The average Bonchev–Trinajstić information content (AvgIpc) is 3.18. The number of rotatable bonds is 22. The largest absolute Gasteiger partial charge is 0.472 e. The zero-order valence-corrected chi connectivity index (χ0v) is 24.4. The number of unbranched alkanes of at least 4 members (excludes halogenated alkanes) is 15. The Bertz CT molecular complexity index is 902. The normalized spacial score (nSPS) is 22.8. The van der Waals surface area contributed by atoms with Crippen molar-refractivity contribution in [3.8, 4) is 0 Å². The molecule has 2 heterocycles. The molecule has 12 heteroatoms. The smallest absolute Gasteiger partial charge is 0.387 e. The molecule has 39 heavy (non-hydrogen) atoms. The van der Waals surface area contributed by atoms with Gasteiger partial charge in [-0.3, -0.25) is 13.6 Å². The van der Waals surface area contributed by atoms with E-state index in [1.165, 1.54) is 89.3 Å². The van der Waals surface area contributed by atoms with Gasteiger partial charge in [-0.2, -0.15) is 4.98 Å². The van der Waals surface area contributed by atoms with Crippen molar-refractivity contribution >= 4 is 13.6 Å². The van der Waals surface area contributed by atoms with Crippen LogP contribution in [0, 0.1) is 0 Å². The van der Waals surface area contributed by atoms with Gasteiger partial charge in [-0.25, -0.2) is 9.36 Å². The van der Waals surface area contributed by atoms with E-state index in [1.807, 2.05) is 0 Å². The maximum atomic E-state index is 12.2. The summed E-state index contributed by atoms with van der Waals surface area (Å²) in [5.74, 6) is 0.00637. The molecule has 0 radical (unpaired) electrons. The summed E-state index contributed by atoms with van der Waals surface area (Å²) in [5, 5.41) is 20.5. The zero-order valence-electron chi connectivity index (χ0n) is 23.5. The van der Waals surface area contributed by atoms with Crippen molar-refractivity contribution in [2.24, 2.45) is 0 Å². The molecule has 0 bridgehead atoms. The molecule has 0 spiro atoms. The highest BCUT2D eigenvalue weighted by Gasteiger charge is 2.45. The number of hydrogen-bond acceptors (Lipinski definition) is 9. The summed E-state index contributed by atoms with van der Waals surface area (Å²) in [6.45, 7) is 1.83. The van der Waals surface area contributed by atoms with Gasteiger partial charge in [0.1, 0.15) is 24.1 Å². The predicted octanol–water partition coefficient (Wildman–Crippen LogP) is 4.84.